The van der Waals surface area contributed by atoms with Gasteiger partial charge < -0.3 is 9.84 Å². The van der Waals surface area contributed by atoms with E-state index in [4.69, 9.17) is 4.74 Å². The van der Waals surface area contributed by atoms with E-state index in [0.717, 1.165) is 16.8 Å². The van der Waals surface area contributed by atoms with Crippen molar-refractivity contribution >= 4 is 0 Å². The summed E-state index contributed by atoms with van der Waals surface area (Å²) in [5.74, 6) is 0. The van der Waals surface area contributed by atoms with E-state index in [1.807, 2.05) is 49.5 Å². The van der Waals surface area contributed by atoms with E-state index in [9.17, 15) is 5.11 Å². The average Bonchev–Trinajstić information content (AvgIpc) is 3.40. The Labute approximate surface area is 201 Å². The van der Waals surface area contributed by atoms with E-state index in [1.54, 1.807) is 11.0 Å². The van der Waals surface area contributed by atoms with Crippen LogP contribution in [0.3, 0.4) is 0 Å². The molecule has 0 saturated heterocycles. The Hall–Kier alpha value is -3.32. The molecule has 3 aromatic carbocycles. The first-order chi connectivity index (χ1) is 16.5. The van der Waals surface area contributed by atoms with Crippen LogP contribution in [0.4, 0.5) is 0 Å². The van der Waals surface area contributed by atoms with Crippen LogP contribution in [0.25, 0.3) is 5.69 Å². The number of nitrogens with zero attached hydrogens (tertiary/aromatic N) is 4. The summed E-state index contributed by atoms with van der Waals surface area (Å²) in [5, 5.41) is 15.0. The number of aromatic nitrogens is 3. The van der Waals surface area contributed by atoms with Crippen LogP contribution in [-0.4, -0.2) is 51.1 Å². The zero-order valence-electron chi connectivity index (χ0n) is 20.0. The summed E-state index contributed by atoms with van der Waals surface area (Å²) in [7, 11) is 2.02. The lowest BCUT2D eigenvalue weighted by Crippen LogP contribution is -2.34. The van der Waals surface area contributed by atoms with Crippen LogP contribution in [-0.2, 0) is 4.74 Å². The SMILES string of the molecule is Cc1ccccc1C(OCC(O)CN(C)C(C)c1ccc(-n2cncn2)cc1)c1ccccc1. The van der Waals surface area contributed by atoms with Crippen LogP contribution in [0.5, 0.6) is 0 Å². The summed E-state index contributed by atoms with van der Waals surface area (Å²) in [6, 6.07) is 26.8. The minimum atomic E-state index is -0.614. The zero-order valence-corrected chi connectivity index (χ0v) is 20.0. The van der Waals surface area contributed by atoms with E-state index in [0.29, 0.717) is 6.54 Å². The molecule has 1 heterocycles. The van der Waals surface area contributed by atoms with E-state index >= 15 is 0 Å². The number of ether oxygens (including phenoxy) is 1. The molecule has 0 aliphatic rings. The van der Waals surface area contributed by atoms with E-state index in [1.165, 1.54) is 17.5 Å². The molecule has 0 fully saturated rings. The summed E-state index contributed by atoms with van der Waals surface area (Å²) < 4.78 is 8.04. The molecular formula is C28H32N4O2. The minimum absolute atomic E-state index is 0.140. The number of aryl methyl sites for hydroxylation is 1. The topological polar surface area (TPSA) is 63.4 Å². The first-order valence-electron chi connectivity index (χ1n) is 11.6. The van der Waals surface area contributed by atoms with Crippen molar-refractivity contribution in [1.82, 2.24) is 19.7 Å². The fourth-order valence-electron chi connectivity index (χ4n) is 4.13. The second-order valence-electron chi connectivity index (χ2n) is 8.68. The average molecular weight is 457 g/mol. The Morgan fingerprint density at radius 1 is 0.941 bits per heavy atom. The molecule has 1 N–H and O–H groups in total. The number of hydrogen-bond acceptors (Lipinski definition) is 5. The van der Waals surface area contributed by atoms with Gasteiger partial charge in [-0.15, -0.1) is 0 Å². The van der Waals surface area contributed by atoms with Gasteiger partial charge in [0, 0.05) is 12.6 Å². The molecular weight excluding hydrogens is 424 g/mol. The molecule has 4 rings (SSSR count). The van der Waals surface area contributed by atoms with Gasteiger partial charge in [-0.3, -0.25) is 4.90 Å². The molecule has 4 aromatic rings. The summed E-state index contributed by atoms with van der Waals surface area (Å²) >= 11 is 0. The summed E-state index contributed by atoms with van der Waals surface area (Å²) in [5.41, 5.74) is 5.51. The number of aliphatic hydroxyl groups is 1. The predicted octanol–water partition coefficient (Wildman–Crippen LogP) is 4.74. The second kappa shape index (κ2) is 11.2. The number of rotatable bonds is 10. The van der Waals surface area contributed by atoms with E-state index in [2.05, 4.69) is 65.2 Å². The molecule has 0 saturated carbocycles. The maximum absolute atomic E-state index is 10.8. The normalized spacial score (nSPS) is 14.1. The maximum atomic E-state index is 10.8. The number of benzene rings is 3. The van der Waals surface area contributed by atoms with Gasteiger partial charge >= 0.3 is 0 Å². The molecule has 6 nitrogen and oxygen atoms in total. The van der Waals surface area contributed by atoms with Crippen molar-refractivity contribution in [3.63, 3.8) is 0 Å². The Kier molecular flexibility index (Phi) is 7.85. The van der Waals surface area contributed by atoms with Gasteiger partial charge in [0.1, 0.15) is 18.8 Å². The maximum Gasteiger partial charge on any atom is 0.138 e. The first-order valence-corrected chi connectivity index (χ1v) is 11.6. The third-order valence-electron chi connectivity index (χ3n) is 6.25. The highest BCUT2D eigenvalue weighted by Crippen LogP contribution is 2.29. The fraction of sp³-hybridized carbons (Fsp3) is 0.286. The largest absolute Gasteiger partial charge is 0.389 e. The lowest BCUT2D eigenvalue weighted by molar-refractivity contribution is -0.00961. The smallest absolute Gasteiger partial charge is 0.138 e. The molecule has 0 amide bonds. The highest BCUT2D eigenvalue weighted by Gasteiger charge is 2.20. The van der Waals surface area contributed by atoms with Crippen LogP contribution < -0.4 is 0 Å². The molecule has 3 unspecified atom stereocenters. The molecule has 0 aliphatic carbocycles. The van der Waals surface area contributed by atoms with E-state index < -0.39 is 6.10 Å². The number of aliphatic hydroxyl groups excluding tert-OH is 1. The van der Waals surface area contributed by atoms with Gasteiger partial charge in [-0.1, -0.05) is 66.7 Å². The molecule has 1 aromatic heterocycles. The second-order valence-corrected chi connectivity index (χ2v) is 8.68. The quantitative estimate of drug-likeness (QED) is 0.374. The highest BCUT2D eigenvalue weighted by atomic mass is 16.5. The third kappa shape index (κ3) is 5.78. The van der Waals surface area contributed by atoms with Gasteiger partial charge in [-0.2, -0.15) is 5.10 Å². The highest BCUT2D eigenvalue weighted by molar-refractivity contribution is 5.36. The molecule has 0 bridgehead atoms. The lowest BCUT2D eigenvalue weighted by Gasteiger charge is -2.28. The molecule has 6 heteroatoms. The van der Waals surface area contributed by atoms with Crippen molar-refractivity contribution < 1.29 is 9.84 Å². The van der Waals surface area contributed by atoms with Gasteiger partial charge in [0.15, 0.2) is 0 Å². The minimum Gasteiger partial charge on any atom is -0.389 e. The first kappa shape index (κ1) is 23.8. The van der Waals surface area contributed by atoms with Crippen LogP contribution in [0.15, 0.2) is 91.5 Å². The summed E-state index contributed by atoms with van der Waals surface area (Å²) in [4.78, 5) is 6.14. The van der Waals surface area contributed by atoms with Gasteiger partial charge in [0.25, 0.3) is 0 Å². The van der Waals surface area contributed by atoms with Crippen molar-refractivity contribution in [2.75, 3.05) is 20.2 Å². The molecule has 34 heavy (non-hydrogen) atoms. The molecule has 0 spiro atoms. The van der Waals surface area contributed by atoms with Crippen LogP contribution in [0, 0.1) is 6.92 Å². The summed E-state index contributed by atoms with van der Waals surface area (Å²) in [6.07, 6.45) is 2.37. The van der Waals surface area contributed by atoms with Gasteiger partial charge in [0.2, 0.25) is 0 Å². The van der Waals surface area contributed by atoms with Crippen molar-refractivity contribution in [3.8, 4) is 5.69 Å². The van der Waals surface area contributed by atoms with Gasteiger partial charge in [-0.05, 0) is 55.3 Å². The Balaban J connectivity index is 1.38. The molecule has 0 aliphatic heterocycles. The van der Waals surface area contributed by atoms with Crippen LogP contribution in [0.1, 0.15) is 41.3 Å². The Morgan fingerprint density at radius 3 is 2.32 bits per heavy atom. The van der Waals surface area contributed by atoms with Crippen molar-refractivity contribution in [3.05, 3.63) is 114 Å². The zero-order chi connectivity index (χ0) is 23.9. The van der Waals surface area contributed by atoms with Gasteiger partial charge in [0.05, 0.1) is 18.4 Å². The number of hydrogen-bond donors (Lipinski definition) is 1. The van der Waals surface area contributed by atoms with Crippen LogP contribution >= 0.6 is 0 Å². The fourth-order valence-corrected chi connectivity index (χ4v) is 4.13. The van der Waals surface area contributed by atoms with Crippen molar-refractivity contribution in [2.24, 2.45) is 0 Å². The molecule has 176 valence electrons. The van der Waals surface area contributed by atoms with Crippen molar-refractivity contribution in [1.29, 1.82) is 0 Å². The monoisotopic (exact) mass is 456 g/mol. The van der Waals surface area contributed by atoms with Crippen molar-refractivity contribution in [2.45, 2.75) is 32.1 Å². The lowest BCUT2D eigenvalue weighted by atomic mass is 9.97. The number of likely N-dealkylation sites (N-methyl/N-ethyl adjacent to an activating group) is 1. The Bertz CT molecular complexity index is 1150. The molecule has 0 radical (unpaired) electrons. The third-order valence-corrected chi connectivity index (χ3v) is 6.25. The van der Waals surface area contributed by atoms with Crippen LogP contribution in [0.2, 0.25) is 0 Å². The standard InChI is InChI=1S/C28H32N4O2/c1-21-9-7-8-12-27(21)28(24-10-5-4-6-11-24)34-18-26(33)17-31(3)22(2)23-13-15-25(16-14-23)32-20-29-19-30-32/h4-16,19-20,22,26,28,33H,17-18H2,1-3H3. The van der Waals surface area contributed by atoms with Gasteiger partial charge in [-0.25, -0.2) is 9.67 Å². The summed E-state index contributed by atoms with van der Waals surface area (Å²) in [6.45, 7) is 4.98. The Morgan fingerprint density at radius 2 is 1.65 bits per heavy atom. The molecule has 3 atom stereocenters. The predicted molar refractivity (Wildman–Crippen MR) is 134 cm³/mol. The van der Waals surface area contributed by atoms with E-state index in [-0.39, 0.29) is 18.8 Å².